The fourth-order valence-electron chi connectivity index (χ4n) is 2.62. The van der Waals surface area contributed by atoms with Crippen molar-refractivity contribution in [1.29, 1.82) is 0 Å². The predicted molar refractivity (Wildman–Crippen MR) is 80.7 cm³/mol. The largest absolute Gasteiger partial charge is 0.297 e. The number of carbonyl (C=O) groups is 1. The first-order valence-corrected chi connectivity index (χ1v) is 7.04. The number of anilines is 1. The topological polar surface area (TPSA) is 42.4 Å². The minimum Gasteiger partial charge on any atom is -0.297 e. The van der Waals surface area contributed by atoms with E-state index in [1.807, 2.05) is 54.5 Å². The Labute approximate surface area is 124 Å². The summed E-state index contributed by atoms with van der Waals surface area (Å²) in [5, 5.41) is 1.84. The van der Waals surface area contributed by atoms with E-state index in [-0.39, 0.29) is 11.8 Å². The minimum absolute atomic E-state index is 0.00398. The Hall–Kier alpha value is -2.20. The van der Waals surface area contributed by atoms with E-state index in [4.69, 9.17) is 4.84 Å². The molecule has 1 fully saturated rings. The summed E-state index contributed by atoms with van der Waals surface area (Å²) < 4.78 is 0. The summed E-state index contributed by atoms with van der Waals surface area (Å²) in [6, 6.07) is 13.8. The van der Waals surface area contributed by atoms with Crippen LogP contribution in [0.3, 0.4) is 0 Å². The molecule has 1 aromatic carbocycles. The monoisotopic (exact) mass is 282 g/mol. The molecular weight excluding hydrogens is 264 g/mol. The Kier molecular flexibility index (Phi) is 3.47. The number of hydrogen-bond acceptors (Lipinski definition) is 4. The van der Waals surface area contributed by atoms with Gasteiger partial charge in [0.15, 0.2) is 11.4 Å². The lowest BCUT2D eigenvalue weighted by Gasteiger charge is -2.26. The van der Waals surface area contributed by atoms with Gasteiger partial charge in [-0.05, 0) is 43.7 Å². The summed E-state index contributed by atoms with van der Waals surface area (Å²) in [6.07, 6.45) is 4.16. The Balaban J connectivity index is 2.01. The van der Waals surface area contributed by atoms with Gasteiger partial charge in [0.25, 0.3) is 0 Å². The molecular formula is C17H18N2O2. The summed E-state index contributed by atoms with van der Waals surface area (Å²) in [7, 11) is 0. The van der Waals surface area contributed by atoms with Crippen molar-refractivity contribution in [3.05, 3.63) is 60.4 Å². The van der Waals surface area contributed by atoms with Gasteiger partial charge in [0.1, 0.15) is 0 Å². The van der Waals surface area contributed by atoms with E-state index >= 15 is 0 Å². The Morgan fingerprint density at radius 2 is 1.90 bits per heavy atom. The van der Waals surface area contributed by atoms with Gasteiger partial charge in [-0.2, -0.15) is 0 Å². The van der Waals surface area contributed by atoms with Crippen LogP contribution >= 0.6 is 0 Å². The molecule has 4 nitrogen and oxygen atoms in total. The second-order valence-corrected chi connectivity index (χ2v) is 5.54. The molecule has 0 aliphatic carbocycles. The number of ketones is 1. The summed E-state index contributed by atoms with van der Waals surface area (Å²) in [4.78, 5) is 22.0. The summed E-state index contributed by atoms with van der Waals surface area (Å²) in [6.45, 7) is 3.44. The number of aromatic nitrogens is 1. The molecule has 1 aromatic heterocycles. The molecule has 2 aromatic rings. The van der Waals surface area contributed by atoms with Gasteiger partial charge >= 0.3 is 0 Å². The number of nitrogens with zero attached hydrogens (tertiary/aromatic N) is 2. The van der Waals surface area contributed by atoms with E-state index in [2.05, 4.69) is 4.98 Å². The standard InChI is InChI=1S/C17H18N2O2/c1-13(20)17(2)12-16(14-8-10-18-11-9-14)19(21-17)15-6-4-3-5-7-15/h3-11,16H,12H2,1-2H3. The highest BCUT2D eigenvalue weighted by Crippen LogP contribution is 2.43. The number of para-hydroxylation sites is 1. The second-order valence-electron chi connectivity index (χ2n) is 5.54. The zero-order chi connectivity index (χ0) is 14.9. The molecule has 21 heavy (non-hydrogen) atoms. The third-order valence-electron chi connectivity index (χ3n) is 4.01. The molecule has 4 heteroatoms. The first kappa shape index (κ1) is 13.8. The van der Waals surface area contributed by atoms with Crippen LogP contribution in [-0.4, -0.2) is 16.4 Å². The molecule has 0 bridgehead atoms. The van der Waals surface area contributed by atoms with Crippen LogP contribution in [0, 0.1) is 0 Å². The van der Waals surface area contributed by atoms with Crippen LogP contribution in [0.2, 0.25) is 0 Å². The van der Waals surface area contributed by atoms with Gasteiger partial charge < -0.3 is 0 Å². The van der Waals surface area contributed by atoms with Crippen molar-refractivity contribution in [2.24, 2.45) is 0 Å². The van der Waals surface area contributed by atoms with E-state index in [9.17, 15) is 4.79 Å². The fourth-order valence-corrected chi connectivity index (χ4v) is 2.62. The molecule has 0 saturated carbocycles. The Morgan fingerprint density at radius 3 is 2.52 bits per heavy atom. The van der Waals surface area contributed by atoms with Crippen molar-refractivity contribution in [3.8, 4) is 0 Å². The van der Waals surface area contributed by atoms with Gasteiger partial charge in [0, 0.05) is 18.8 Å². The minimum atomic E-state index is -0.788. The maximum Gasteiger partial charge on any atom is 0.164 e. The molecule has 1 saturated heterocycles. The van der Waals surface area contributed by atoms with Gasteiger partial charge in [0.2, 0.25) is 0 Å². The summed E-state index contributed by atoms with van der Waals surface area (Å²) in [5.41, 5.74) is 1.26. The fraction of sp³-hybridized carbons (Fsp3) is 0.294. The van der Waals surface area contributed by atoms with E-state index < -0.39 is 5.60 Å². The predicted octanol–water partition coefficient (Wildman–Crippen LogP) is 3.31. The molecule has 108 valence electrons. The summed E-state index contributed by atoms with van der Waals surface area (Å²) >= 11 is 0. The quantitative estimate of drug-likeness (QED) is 0.866. The molecule has 0 radical (unpaired) electrons. The zero-order valence-corrected chi connectivity index (χ0v) is 12.2. The highest BCUT2D eigenvalue weighted by Gasteiger charge is 2.46. The molecule has 1 aliphatic rings. The molecule has 0 N–H and O–H groups in total. The Bertz CT molecular complexity index is 580. The van der Waals surface area contributed by atoms with Crippen molar-refractivity contribution in [2.45, 2.75) is 31.9 Å². The molecule has 3 rings (SSSR count). The second kappa shape index (κ2) is 5.30. The lowest BCUT2D eigenvalue weighted by Crippen LogP contribution is -2.34. The normalized spacial score (nSPS) is 25.0. The first-order valence-electron chi connectivity index (χ1n) is 7.04. The van der Waals surface area contributed by atoms with Crippen LogP contribution in [0.25, 0.3) is 0 Å². The van der Waals surface area contributed by atoms with E-state index in [0.29, 0.717) is 6.42 Å². The maximum absolute atomic E-state index is 12.0. The average molecular weight is 282 g/mol. The van der Waals surface area contributed by atoms with Crippen LogP contribution in [0.5, 0.6) is 0 Å². The van der Waals surface area contributed by atoms with Crippen LogP contribution in [0.15, 0.2) is 54.9 Å². The number of carbonyl (C=O) groups excluding carboxylic acids is 1. The first-order chi connectivity index (χ1) is 10.1. The van der Waals surface area contributed by atoms with Crippen molar-refractivity contribution < 1.29 is 9.63 Å². The molecule has 1 aliphatic heterocycles. The number of benzene rings is 1. The number of hydrogen-bond donors (Lipinski definition) is 0. The lowest BCUT2D eigenvalue weighted by molar-refractivity contribution is -0.136. The number of hydroxylamine groups is 1. The van der Waals surface area contributed by atoms with Crippen molar-refractivity contribution in [3.63, 3.8) is 0 Å². The van der Waals surface area contributed by atoms with Crippen molar-refractivity contribution in [2.75, 3.05) is 5.06 Å². The van der Waals surface area contributed by atoms with Crippen molar-refractivity contribution >= 4 is 11.5 Å². The zero-order valence-electron chi connectivity index (χ0n) is 12.2. The molecule has 2 heterocycles. The molecule has 2 atom stereocenters. The third kappa shape index (κ3) is 2.54. The number of rotatable bonds is 3. The number of pyridine rings is 1. The summed E-state index contributed by atoms with van der Waals surface area (Å²) in [5.74, 6) is 0.0417. The SMILES string of the molecule is CC(=O)C1(C)CC(c2ccncc2)N(c2ccccc2)O1. The average Bonchev–Trinajstić information content (AvgIpc) is 2.89. The van der Waals surface area contributed by atoms with Gasteiger partial charge in [-0.15, -0.1) is 0 Å². The smallest absolute Gasteiger partial charge is 0.164 e. The molecule has 0 spiro atoms. The van der Waals surface area contributed by atoms with Crippen LogP contribution in [0.1, 0.15) is 31.9 Å². The maximum atomic E-state index is 12.0. The third-order valence-corrected chi connectivity index (χ3v) is 4.01. The molecule has 0 amide bonds. The van der Waals surface area contributed by atoms with Crippen molar-refractivity contribution in [1.82, 2.24) is 4.98 Å². The van der Waals surface area contributed by atoms with E-state index in [1.54, 1.807) is 19.3 Å². The van der Waals surface area contributed by atoms with Crippen LogP contribution < -0.4 is 5.06 Å². The van der Waals surface area contributed by atoms with E-state index in [0.717, 1.165) is 11.3 Å². The van der Waals surface area contributed by atoms with Crippen LogP contribution in [0.4, 0.5) is 5.69 Å². The Morgan fingerprint density at radius 1 is 1.24 bits per heavy atom. The highest BCUT2D eigenvalue weighted by atomic mass is 16.7. The van der Waals surface area contributed by atoms with Gasteiger partial charge in [-0.3, -0.25) is 14.6 Å². The molecule has 2 unspecified atom stereocenters. The highest BCUT2D eigenvalue weighted by molar-refractivity contribution is 5.85. The van der Waals surface area contributed by atoms with Gasteiger partial charge in [0.05, 0.1) is 11.7 Å². The van der Waals surface area contributed by atoms with Crippen LogP contribution in [-0.2, 0) is 9.63 Å². The number of Topliss-reactive ketones (excluding diaryl/α,β-unsaturated/α-hetero) is 1. The lowest BCUT2D eigenvalue weighted by atomic mass is 9.91. The van der Waals surface area contributed by atoms with Gasteiger partial charge in [-0.25, -0.2) is 5.06 Å². The van der Waals surface area contributed by atoms with E-state index in [1.165, 1.54) is 0 Å². The van der Waals surface area contributed by atoms with Gasteiger partial charge in [-0.1, -0.05) is 18.2 Å².